The predicted molar refractivity (Wildman–Crippen MR) is 68.1 cm³/mol. The molecule has 0 bridgehead atoms. The second-order valence-electron chi connectivity index (χ2n) is 3.56. The quantitative estimate of drug-likeness (QED) is 0.560. The van der Waals surface area contributed by atoms with Crippen molar-refractivity contribution in [1.29, 1.82) is 0 Å². The first-order valence-electron chi connectivity index (χ1n) is 5.56. The van der Waals surface area contributed by atoms with E-state index >= 15 is 0 Å². The lowest BCUT2D eigenvalue weighted by molar-refractivity contribution is 0.0498. The van der Waals surface area contributed by atoms with Crippen LogP contribution in [0.15, 0.2) is 30.3 Å². The molecule has 3 heteroatoms. The minimum absolute atomic E-state index is 0. The van der Waals surface area contributed by atoms with Gasteiger partial charge in [0.15, 0.2) is 0 Å². The van der Waals surface area contributed by atoms with Gasteiger partial charge in [-0.3, -0.25) is 0 Å². The summed E-state index contributed by atoms with van der Waals surface area (Å²) in [6.07, 6.45) is 4.51. The maximum absolute atomic E-state index is 11.5. The van der Waals surface area contributed by atoms with Crippen LogP contribution in [-0.2, 0) is 4.74 Å². The van der Waals surface area contributed by atoms with Crippen molar-refractivity contribution in [2.75, 3.05) is 6.61 Å². The first kappa shape index (κ1) is 15.0. The summed E-state index contributed by atoms with van der Waals surface area (Å²) in [5, 5.41) is 0. The molecule has 0 heterocycles. The molecule has 0 aliphatic carbocycles. The molecule has 0 fully saturated rings. The Hall–Kier alpha value is -1.02. The zero-order chi connectivity index (χ0) is 10.9. The molecule has 0 aromatic heterocycles. The average Bonchev–Trinajstić information content (AvgIpc) is 2.30. The van der Waals surface area contributed by atoms with E-state index in [1.807, 2.05) is 18.2 Å². The molecule has 0 radical (unpaired) electrons. The molecule has 0 amide bonds. The minimum atomic E-state index is -0.216. The van der Waals surface area contributed by atoms with E-state index in [9.17, 15) is 4.79 Å². The molecule has 0 saturated carbocycles. The zero-order valence-electron chi connectivity index (χ0n) is 9.65. The summed E-state index contributed by atoms with van der Waals surface area (Å²) in [7, 11) is 0. The smallest absolute Gasteiger partial charge is 0.338 e. The van der Waals surface area contributed by atoms with Gasteiger partial charge in [0, 0.05) is 0 Å². The van der Waals surface area contributed by atoms with Crippen molar-refractivity contribution in [2.45, 2.75) is 32.6 Å². The van der Waals surface area contributed by atoms with Crippen molar-refractivity contribution in [3.8, 4) is 0 Å². The molecule has 2 nitrogen and oxygen atoms in total. The van der Waals surface area contributed by atoms with Gasteiger partial charge in [-0.05, 0) is 18.6 Å². The lowest BCUT2D eigenvalue weighted by Crippen LogP contribution is -2.06. The Morgan fingerprint density at radius 1 is 1.12 bits per heavy atom. The molecule has 1 aromatic carbocycles. The van der Waals surface area contributed by atoms with Crippen molar-refractivity contribution in [3.63, 3.8) is 0 Å². The summed E-state index contributed by atoms with van der Waals surface area (Å²) in [6.45, 7) is 2.70. The second kappa shape index (κ2) is 9.22. The highest BCUT2D eigenvalue weighted by Gasteiger charge is 2.04. The predicted octanol–water partition coefficient (Wildman–Crippen LogP) is 3.85. The Morgan fingerprint density at radius 3 is 2.44 bits per heavy atom. The van der Waals surface area contributed by atoms with Crippen LogP contribution in [0.25, 0.3) is 0 Å². The number of carbonyl (C=O) groups is 1. The summed E-state index contributed by atoms with van der Waals surface area (Å²) in [6, 6.07) is 9.11. The molecule has 0 spiro atoms. The standard InChI is InChI=1S/C13H18O2.ClH/c1-2-3-4-8-11-15-13(14)12-9-6-5-7-10-12;/h5-7,9-10H,2-4,8,11H2,1H3;1H. The summed E-state index contributed by atoms with van der Waals surface area (Å²) in [4.78, 5) is 11.5. The second-order valence-corrected chi connectivity index (χ2v) is 3.56. The normalized spacial score (nSPS) is 9.31. The summed E-state index contributed by atoms with van der Waals surface area (Å²) in [5.74, 6) is -0.216. The molecule has 0 saturated heterocycles. The van der Waals surface area contributed by atoms with Gasteiger partial charge in [-0.15, -0.1) is 12.4 Å². The largest absolute Gasteiger partial charge is 0.462 e. The van der Waals surface area contributed by atoms with E-state index in [1.54, 1.807) is 12.1 Å². The van der Waals surface area contributed by atoms with Crippen LogP contribution < -0.4 is 0 Å². The van der Waals surface area contributed by atoms with Crippen molar-refractivity contribution in [1.82, 2.24) is 0 Å². The fraction of sp³-hybridized carbons (Fsp3) is 0.462. The number of carbonyl (C=O) groups excluding carboxylic acids is 1. The van der Waals surface area contributed by atoms with E-state index in [-0.39, 0.29) is 18.4 Å². The number of benzene rings is 1. The summed E-state index contributed by atoms with van der Waals surface area (Å²) >= 11 is 0. The molecule has 1 rings (SSSR count). The Bertz CT molecular complexity index is 285. The lowest BCUT2D eigenvalue weighted by Gasteiger charge is -2.03. The van der Waals surface area contributed by atoms with Crippen molar-refractivity contribution < 1.29 is 9.53 Å². The van der Waals surface area contributed by atoms with Gasteiger partial charge in [0.1, 0.15) is 0 Å². The number of hydrogen-bond acceptors (Lipinski definition) is 2. The fourth-order valence-electron chi connectivity index (χ4n) is 1.35. The maximum atomic E-state index is 11.5. The van der Waals surface area contributed by atoms with E-state index in [1.165, 1.54) is 12.8 Å². The average molecular weight is 243 g/mol. The minimum Gasteiger partial charge on any atom is -0.462 e. The molecular weight excluding hydrogens is 224 g/mol. The molecular formula is C13H19ClO2. The Morgan fingerprint density at radius 2 is 1.81 bits per heavy atom. The molecule has 0 N–H and O–H groups in total. The molecule has 0 aliphatic heterocycles. The molecule has 0 atom stereocenters. The van der Waals surface area contributed by atoms with Crippen LogP contribution >= 0.6 is 12.4 Å². The van der Waals surface area contributed by atoms with Gasteiger partial charge in [0.25, 0.3) is 0 Å². The van der Waals surface area contributed by atoms with Crippen LogP contribution in [-0.4, -0.2) is 12.6 Å². The third-order valence-corrected chi connectivity index (χ3v) is 2.24. The number of esters is 1. The first-order valence-corrected chi connectivity index (χ1v) is 5.56. The number of hydrogen-bond donors (Lipinski definition) is 0. The van der Waals surface area contributed by atoms with Gasteiger partial charge < -0.3 is 4.74 Å². The molecule has 0 aliphatic rings. The van der Waals surface area contributed by atoms with E-state index < -0.39 is 0 Å². The van der Waals surface area contributed by atoms with Crippen LogP contribution in [0, 0.1) is 0 Å². The molecule has 0 unspecified atom stereocenters. The third-order valence-electron chi connectivity index (χ3n) is 2.24. The fourth-order valence-corrected chi connectivity index (χ4v) is 1.35. The highest BCUT2D eigenvalue weighted by molar-refractivity contribution is 5.89. The molecule has 90 valence electrons. The van der Waals surface area contributed by atoms with E-state index in [2.05, 4.69) is 6.92 Å². The van der Waals surface area contributed by atoms with Gasteiger partial charge >= 0.3 is 5.97 Å². The van der Waals surface area contributed by atoms with Gasteiger partial charge in [0.05, 0.1) is 12.2 Å². The Kier molecular flexibility index (Phi) is 8.64. The number of rotatable bonds is 6. The number of halogens is 1. The van der Waals surface area contributed by atoms with Gasteiger partial charge in [-0.1, -0.05) is 44.4 Å². The van der Waals surface area contributed by atoms with Crippen molar-refractivity contribution >= 4 is 18.4 Å². The van der Waals surface area contributed by atoms with Gasteiger partial charge in [0.2, 0.25) is 0 Å². The third kappa shape index (κ3) is 5.76. The van der Waals surface area contributed by atoms with E-state index in [0.29, 0.717) is 12.2 Å². The van der Waals surface area contributed by atoms with Crippen molar-refractivity contribution in [2.24, 2.45) is 0 Å². The van der Waals surface area contributed by atoms with Crippen LogP contribution in [0.1, 0.15) is 43.0 Å². The SMILES string of the molecule is CCCCCCOC(=O)c1ccccc1.Cl. The summed E-state index contributed by atoms with van der Waals surface area (Å²) in [5.41, 5.74) is 0.632. The lowest BCUT2D eigenvalue weighted by atomic mass is 10.2. The van der Waals surface area contributed by atoms with E-state index in [4.69, 9.17) is 4.74 Å². The van der Waals surface area contributed by atoms with Crippen LogP contribution in [0.3, 0.4) is 0 Å². The molecule has 16 heavy (non-hydrogen) atoms. The van der Waals surface area contributed by atoms with Gasteiger partial charge in [-0.2, -0.15) is 0 Å². The number of ether oxygens (including phenoxy) is 1. The highest BCUT2D eigenvalue weighted by Crippen LogP contribution is 2.03. The maximum Gasteiger partial charge on any atom is 0.338 e. The van der Waals surface area contributed by atoms with Crippen LogP contribution in [0.5, 0.6) is 0 Å². The Labute approximate surface area is 103 Å². The monoisotopic (exact) mass is 242 g/mol. The van der Waals surface area contributed by atoms with Gasteiger partial charge in [-0.25, -0.2) is 4.79 Å². The van der Waals surface area contributed by atoms with Crippen LogP contribution in [0.2, 0.25) is 0 Å². The topological polar surface area (TPSA) is 26.3 Å². The number of unbranched alkanes of at least 4 members (excludes halogenated alkanes) is 3. The molecule has 1 aromatic rings. The van der Waals surface area contributed by atoms with Crippen molar-refractivity contribution in [3.05, 3.63) is 35.9 Å². The van der Waals surface area contributed by atoms with E-state index in [0.717, 1.165) is 12.8 Å². The summed E-state index contributed by atoms with van der Waals surface area (Å²) < 4.78 is 5.14. The van der Waals surface area contributed by atoms with Crippen LogP contribution in [0.4, 0.5) is 0 Å². The zero-order valence-corrected chi connectivity index (χ0v) is 10.5. The first-order chi connectivity index (χ1) is 7.34. The highest BCUT2D eigenvalue weighted by atomic mass is 35.5. The Balaban J connectivity index is 0.00000225.